The van der Waals surface area contributed by atoms with Crippen molar-refractivity contribution in [3.8, 4) is 0 Å². The molecule has 110 valence electrons. The lowest BCUT2D eigenvalue weighted by Gasteiger charge is -2.16. The summed E-state index contributed by atoms with van der Waals surface area (Å²) in [4.78, 5) is 18.6. The number of thiazole rings is 1. The van der Waals surface area contributed by atoms with E-state index in [1.165, 1.54) is 0 Å². The van der Waals surface area contributed by atoms with Gasteiger partial charge in [0.25, 0.3) is 0 Å². The highest BCUT2D eigenvalue weighted by molar-refractivity contribution is 7.13. The Kier molecular flexibility index (Phi) is 4.41. The average molecular weight is 322 g/mol. The molecule has 2 heterocycles. The van der Waals surface area contributed by atoms with Gasteiger partial charge in [0.1, 0.15) is 0 Å². The molecular formula is C15H16ClN3OS. The van der Waals surface area contributed by atoms with Crippen LogP contribution in [-0.2, 0) is 11.2 Å². The molecule has 1 amide bonds. The molecule has 6 heteroatoms. The van der Waals surface area contributed by atoms with E-state index in [0.29, 0.717) is 11.4 Å². The molecule has 1 fully saturated rings. The molecule has 0 spiro atoms. The molecule has 4 nitrogen and oxygen atoms in total. The van der Waals surface area contributed by atoms with Gasteiger partial charge in [-0.1, -0.05) is 29.8 Å². The van der Waals surface area contributed by atoms with Crippen LogP contribution in [0.5, 0.6) is 0 Å². The molecular weight excluding hydrogens is 306 g/mol. The van der Waals surface area contributed by atoms with Gasteiger partial charge in [0.15, 0.2) is 5.13 Å². The standard InChI is InChI=1S/C15H16ClN3OS/c16-13-4-2-1-3-11(13)9-14(20)18-12-5-7-19(10-12)15-17-6-8-21-15/h1-4,6,8,12H,5,7,9-10H2,(H,18,20). The van der Waals surface area contributed by atoms with E-state index < -0.39 is 0 Å². The topological polar surface area (TPSA) is 45.2 Å². The van der Waals surface area contributed by atoms with Gasteiger partial charge in [-0.3, -0.25) is 4.79 Å². The van der Waals surface area contributed by atoms with Gasteiger partial charge < -0.3 is 10.2 Å². The number of nitrogens with one attached hydrogen (secondary N) is 1. The molecule has 21 heavy (non-hydrogen) atoms. The lowest BCUT2D eigenvalue weighted by atomic mass is 10.1. The second-order valence-electron chi connectivity index (χ2n) is 5.08. The van der Waals surface area contributed by atoms with E-state index in [-0.39, 0.29) is 11.9 Å². The largest absolute Gasteiger partial charge is 0.351 e. The molecule has 1 unspecified atom stereocenters. The lowest BCUT2D eigenvalue weighted by Crippen LogP contribution is -2.38. The molecule has 0 bridgehead atoms. The summed E-state index contributed by atoms with van der Waals surface area (Å²) < 4.78 is 0. The first-order valence-electron chi connectivity index (χ1n) is 6.89. The van der Waals surface area contributed by atoms with Crippen molar-refractivity contribution in [3.05, 3.63) is 46.4 Å². The van der Waals surface area contributed by atoms with Crippen molar-refractivity contribution in [3.63, 3.8) is 0 Å². The van der Waals surface area contributed by atoms with Crippen LogP contribution in [-0.4, -0.2) is 30.0 Å². The summed E-state index contributed by atoms with van der Waals surface area (Å²) in [6, 6.07) is 7.65. The zero-order valence-corrected chi connectivity index (χ0v) is 13.0. The van der Waals surface area contributed by atoms with Crippen LogP contribution >= 0.6 is 22.9 Å². The van der Waals surface area contributed by atoms with Gasteiger partial charge in [-0.15, -0.1) is 11.3 Å². The number of anilines is 1. The van der Waals surface area contributed by atoms with E-state index in [1.807, 2.05) is 35.8 Å². The fourth-order valence-electron chi connectivity index (χ4n) is 2.52. The Balaban J connectivity index is 1.53. The van der Waals surface area contributed by atoms with Gasteiger partial charge in [-0.05, 0) is 18.1 Å². The van der Waals surface area contributed by atoms with Crippen LogP contribution in [0.25, 0.3) is 0 Å². The van der Waals surface area contributed by atoms with Crippen LogP contribution in [0.1, 0.15) is 12.0 Å². The Morgan fingerprint density at radius 1 is 1.48 bits per heavy atom. The number of nitrogens with zero attached hydrogens (tertiary/aromatic N) is 2. The van der Waals surface area contributed by atoms with Crippen LogP contribution in [0.4, 0.5) is 5.13 Å². The maximum Gasteiger partial charge on any atom is 0.224 e. The van der Waals surface area contributed by atoms with Crippen LogP contribution in [0.15, 0.2) is 35.8 Å². The number of rotatable bonds is 4. The molecule has 1 aromatic carbocycles. The van der Waals surface area contributed by atoms with Crippen LogP contribution in [0.3, 0.4) is 0 Å². The quantitative estimate of drug-likeness (QED) is 0.941. The van der Waals surface area contributed by atoms with E-state index in [0.717, 1.165) is 30.2 Å². The van der Waals surface area contributed by atoms with E-state index in [2.05, 4.69) is 15.2 Å². The molecule has 1 aliphatic rings. The molecule has 0 radical (unpaired) electrons. The summed E-state index contributed by atoms with van der Waals surface area (Å²) in [5, 5.41) is 6.72. The number of halogens is 1. The van der Waals surface area contributed by atoms with Gasteiger partial charge in [0, 0.05) is 35.7 Å². The molecule has 0 saturated carbocycles. The van der Waals surface area contributed by atoms with Crippen molar-refractivity contribution in [2.24, 2.45) is 0 Å². The zero-order valence-electron chi connectivity index (χ0n) is 11.5. The molecule has 1 N–H and O–H groups in total. The van der Waals surface area contributed by atoms with Crippen molar-refractivity contribution in [1.82, 2.24) is 10.3 Å². The molecule has 1 aliphatic heterocycles. The Labute approximate surface area is 132 Å². The van der Waals surface area contributed by atoms with Crippen molar-refractivity contribution < 1.29 is 4.79 Å². The Bertz CT molecular complexity index is 617. The summed E-state index contributed by atoms with van der Waals surface area (Å²) in [6.07, 6.45) is 3.09. The lowest BCUT2D eigenvalue weighted by molar-refractivity contribution is -0.121. The predicted molar refractivity (Wildman–Crippen MR) is 86.0 cm³/mol. The third-order valence-corrected chi connectivity index (χ3v) is 4.75. The predicted octanol–water partition coefficient (Wildman–Crippen LogP) is 2.73. The highest BCUT2D eigenvalue weighted by Gasteiger charge is 2.25. The SMILES string of the molecule is O=C(Cc1ccccc1Cl)NC1CCN(c2nccs2)C1. The minimum absolute atomic E-state index is 0.0223. The van der Waals surface area contributed by atoms with E-state index in [4.69, 9.17) is 11.6 Å². The van der Waals surface area contributed by atoms with Crippen molar-refractivity contribution in [2.45, 2.75) is 18.9 Å². The zero-order chi connectivity index (χ0) is 14.7. The molecule has 3 rings (SSSR count). The van der Waals surface area contributed by atoms with Crippen molar-refractivity contribution in [2.75, 3.05) is 18.0 Å². The normalized spacial score (nSPS) is 18.0. The van der Waals surface area contributed by atoms with Crippen molar-refractivity contribution >= 4 is 34.0 Å². The van der Waals surface area contributed by atoms with Crippen LogP contribution in [0, 0.1) is 0 Å². The number of hydrogen-bond acceptors (Lipinski definition) is 4. The molecule has 1 aromatic heterocycles. The molecule has 0 aliphatic carbocycles. The van der Waals surface area contributed by atoms with Gasteiger partial charge >= 0.3 is 0 Å². The number of aromatic nitrogens is 1. The highest BCUT2D eigenvalue weighted by Crippen LogP contribution is 2.22. The second-order valence-corrected chi connectivity index (χ2v) is 6.36. The van der Waals surface area contributed by atoms with Gasteiger partial charge in [-0.2, -0.15) is 0 Å². The monoisotopic (exact) mass is 321 g/mol. The number of carbonyl (C=O) groups is 1. The van der Waals surface area contributed by atoms with E-state index in [1.54, 1.807) is 11.3 Å². The second kappa shape index (κ2) is 6.45. The molecule has 1 saturated heterocycles. The van der Waals surface area contributed by atoms with Gasteiger partial charge in [0.05, 0.1) is 6.42 Å². The molecule has 1 atom stereocenters. The van der Waals surface area contributed by atoms with E-state index >= 15 is 0 Å². The number of benzene rings is 1. The number of hydrogen-bond donors (Lipinski definition) is 1. The Hall–Kier alpha value is -1.59. The fourth-order valence-corrected chi connectivity index (χ4v) is 3.40. The average Bonchev–Trinajstić information content (AvgIpc) is 3.12. The number of carbonyl (C=O) groups excluding carboxylic acids is 1. The Morgan fingerprint density at radius 2 is 2.33 bits per heavy atom. The van der Waals surface area contributed by atoms with E-state index in [9.17, 15) is 4.79 Å². The summed E-state index contributed by atoms with van der Waals surface area (Å²) in [5.74, 6) is 0.0223. The summed E-state index contributed by atoms with van der Waals surface area (Å²) in [7, 11) is 0. The first-order valence-corrected chi connectivity index (χ1v) is 8.15. The first-order chi connectivity index (χ1) is 10.2. The number of amides is 1. The minimum atomic E-state index is 0.0223. The fraction of sp³-hybridized carbons (Fsp3) is 0.333. The molecule has 2 aromatic rings. The smallest absolute Gasteiger partial charge is 0.224 e. The first kappa shape index (κ1) is 14.4. The Morgan fingerprint density at radius 3 is 3.10 bits per heavy atom. The minimum Gasteiger partial charge on any atom is -0.351 e. The third-order valence-electron chi connectivity index (χ3n) is 3.55. The van der Waals surface area contributed by atoms with Gasteiger partial charge in [0.2, 0.25) is 5.91 Å². The summed E-state index contributed by atoms with van der Waals surface area (Å²) in [5.41, 5.74) is 0.867. The third kappa shape index (κ3) is 3.54. The maximum atomic E-state index is 12.1. The maximum absolute atomic E-state index is 12.1. The summed E-state index contributed by atoms with van der Waals surface area (Å²) >= 11 is 7.71. The van der Waals surface area contributed by atoms with Crippen molar-refractivity contribution in [1.29, 1.82) is 0 Å². The summed E-state index contributed by atoms with van der Waals surface area (Å²) in [6.45, 7) is 1.76. The van der Waals surface area contributed by atoms with Gasteiger partial charge in [-0.25, -0.2) is 4.98 Å². The highest BCUT2D eigenvalue weighted by atomic mass is 35.5. The van der Waals surface area contributed by atoms with Crippen LogP contribution < -0.4 is 10.2 Å². The van der Waals surface area contributed by atoms with Crippen LogP contribution in [0.2, 0.25) is 5.02 Å².